The molecule has 0 aliphatic rings. The maximum atomic E-state index is 5.43. The van der Waals surface area contributed by atoms with Gasteiger partial charge in [0, 0.05) is 0 Å². The number of ether oxygens (including phenoxy) is 1. The van der Waals surface area contributed by atoms with Crippen LogP contribution in [0, 0.1) is 34.6 Å². The molecule has 0 radical (unpaired) electrons. The zero-order valence-electron chi connectivity index (χ0n) is 12.7. The number of aryl methyl sites for hydroxylation is 4. The molecule has 0 heterocycles. The summed E-state index contributed by atoms with van der Waals surface area (Å²) in [6, 6.07) is 8.94. The summed E-state index contributed by atoms with van der Waals surface area (Å²) in [6.07, 6.45) is 0. The monoisotopic (exact) mass is 254 g/mol. The summed E-state index contributed by atoms with van der Waals surface area (Å²) in [4.78, 5) is 0. The van der Waals surface area contributed by atoms with Crippen LogP contribution in [-0.4, -0.2) is 7.11 Å². The summed E-state index contributed by atoms with van der Waals surface area (Å²) in [5.74, 6) is 0.990. The molecule has 0 N–H and O–H groups in total. The molecule has 0 aliphatic heterocycles. The van der Waals surface area contributed by atoms with Gasteiger partial charge in [-0.1, -0.05) is 12.1 Å². The van der Waals surface area contributed by atoms with E-state index in [-0.39, 0.29) is 0 Å². The zero-order valence-corrected chi connectivity index (χ0v) is 12.7. The molecule has 0 amide bonds. The molecule has 1 nitrogen and oxygen atoms in total. The highest BCUT2D eigenvalue weighted by Gasteiger charge is 2.08. The fraction of sp³-hybridized carbons (Fsp3) is 0.333. The Balaban J connectivity index is 2.60. The van der Waals surface area contributed by atoms with Crippen molar-refractivity contribution in [1.29, 1.82) is 0 Å². The van der Waals surface area contributed by atoms with Crippen molar-refractivity contribution >= 4 is 0 Å². The predicted octanol–water partition coefficient (Wildman–Crippen LogP) is 4.90. The molecule has 0 saturated carbocycles. The third-order valence-electron chi connectivity index (χ3n) is 3.92. The second-order valence-electron chi connectivity index (χ2n) is 5.38. The standard InChI is InChI=1S/C18H22O/c1-11-7-16(8-12(2)15(11)5)17-9-13(3)18(19-6)14(4)10-17/h7-10H,1-6H3. The van der Waals surface area contributed by atoms with Gasteiger partial charge in [-0.05, 0) is 85.7 Å². The fourth-order valence-corrected chi connectivity index (χ4v) is 2.64. The van der Waals surface area contributed by atoms with E-state index in [9.17, 15) is 0 Å². The fourth-order valence-electron chi connectivity index (χ4n) is 2.64. The average Bonchev–Trinajstić information content (AvgIpc) is 2.35. The molecule has 0 fully saturated rings. The number of hydrogen-bond donors (Lipinski definition) is 0. The summed E-state index contributed by atoms with van der Waals surface area (Å²) in [7, 11) is 1.73. The summed E-state index contributed by atoms with van der Waals surface area (Å²) in [5.41, 5.74) is 9.01. The summed E-state index contributed by atoms with van der Waals surface area (Å²) in [5, 5.41) is 0. The van der Waals surface area contributed by atoms with Crippen LogP contribution in [-0.2, 0) is 0 Å². The molecule has 0 spiro atoms. The Morgan fingerprint density at radius 2 is 1.00 bits per heavy atom. The third-order valence-corrected chi connectivity index (χ3v) is 3.92. The predicted molar refractivity (Wildman–Crippen MR) is 82.1 cm³/mol. The largest absolute Gasteiger partial charge is 0.496 e. The lowest BCUT2D eigenvalue weighted by Crippen LogP contribution is -1.93. The second-order valence-corrected chi connectivity index (χ2v) is 5.38. The number of methoxy groups -OCH3 is 1. The van der Waals surface area contributed by atoms with Crippen molar-refractivity contribution in [1.82, 2.24) is 0 Å². The molecule has 2 aromatic carbocycles. The summed E-state index contributed by atoms with van der Waals surface area (Å²) in [6.45, 7) is 10.7. The van der Waals surface area contributed by atoms with E-state index in [0.29, 0.717) is 0 Å². The topological polar surface area (TPSA) is 9.23 Å². The van der Waals surface area contributed by atoms with Gasteiger partial charge in [0.2, 0.25) is 0 Å². The first-order valence-corrected chi connectivity index (χ1v) is 6.67. The van der Waals surface area contributed by atoms with Crippen LogP contribution < -0.4 is 4.74 Å². The summed E-state index contributed by atoms with van der Waals surface area (Å²) >= 11 is 0. The quantitative estimate of drug-likeness (QED) is 0.740. The molecular formula is C18H22O. The van der Waals surface area contributed by atoms with Gasteiger partial charge in [-0.25, -0.2) is 0 Å². The van der Waals surface area contributed by atoms with E-state index in [4.69, 9.17) is 4.74 Å². The van der Waals surface area contributed by atoms with Gasteiger partial charge in [-0.3, -0.25) is 0 Å². The molecule has 1 heteroatoms. The average molecular weight is 254 g/mol. The van der Waals surface area contributed by atoms with E-state index in [1.807, 2.05) is 0 Å². The molecule has 0 saturated heterocycles. The normalized spacial score (nSPS) is 10.6. The Bertz CT molecular complexity index is 578. The first-order valence-electron chi connectivity index (χ1n) is 6.67. The maximum Gasteiger partial charge on any atom is 0.124 e. The van der Waals surface area contributed by atoms with Crippen molar-refractivity contribution in [3.63, 3.8) is 0 Å². The zero-order chi connectivity index (χ0) is 14.2. The van der Waals surface area contributed by atoms with Crippen molar-refractivity contribution in [2.75, 3.05) is 7.11 Å². The molecule has 2 rings (SSSR count). The van der Waals surface area contributed by atoms with Gasteiger partial charge in [0.05, 0.1) is 7.11 Å². The van der Waals surface area contributed by atoms with Gasteiger partial charge >= 0.3 is 0 Å². The first kappa shape index (κ1) is 13.7. The van der Waals surface area contributed by atoms with Crippen molar-refractivity contribution < 1.29 is 4.74 Å². The van der Waals surface area contributed by atoms with Crippen LogP contribution in [0.4, 0.5) is 0 Å². The lowest BCUT2D eigenvalue weighted by Gasteiger charge is -2.13. The summed E-state index contributed by atoms with van der Waals surface area (Å²) < 4.78 is 5.43. The van der Waals surface area contributed by atoms with Crippen LogP contribution >= 0.6 is 0 Å². The maximum absolute atomic E-state index is 5.43. The minimum atomic E-state index is 0.990. The van der Waals surface area contributed by atoms with Crippen LogP contribution in [0.5, 0.6) is 5.75 Å². The van der Waals surface area contributed by atoms with Gasteiger partial charge in [0.15, 0.2) is 0 Å². The lowest BCUT2D eigenvalue weighted by atomic mass is 9.94. The second kappa shape index (κ2) is 5.08. The van der Waals surface area contributed by atoms with E-state index in [2.05, 4.69) is 58.9 Å². The highest BCUT2D eigenvalue weighted by atomic mass is 16.5. The van der Waals surface area contributed by atoms with E-state index in [0.717, 1.165) is 5.75 Å². The van der Waals surface area contributed by atoms with Gasteiger partial charge in [0.25, 0.3) is 0 Å². The van der Waals surface area contributed by atoms with Crippen molar-refractivity contribution in [2.24, 2.45) is 0 Å². The van der Waals surface area contributed by atoms with Gasteiger partial charge in [-0.15, -0.1) is 0 Å². The van der Waals surface area contributed by atoms with E-state index in [1.165, 1.54) is 38.9 Å². The minimum Gasteiger partial charge on any atom is -0.496 e. The van der Waals surface area contributed by atoms with Crippen LogP contribution in [0.3, 0.4) is 0 Å². The Hall–Kier alpha value is -1.76. The molecule has 0 aromatic heterocycles. The van der Waals surface area contributed by atoms with Crippen LogP contribution in [0.2, 0.25) is 0 Å². The van der Waals surface area contributed by atoms with Gasteiger partial charge in [0.1, 0.15) is 5.75 Å². The highest BCUT2D eigenvalue weighted by Crippen LogP contribution is 2.31. The van der Waals surface area contributed by atoms with Crippen LogP contribution in [0.1, 0.15) is 27.8 Å². The molecule has 0 aliphatic carbocycles. The molecule has 0 bridgehead atoms. The SMILES string of the molecule is COc1c(C)cc(-c2cc(C)c(C)c(C)c2)cc1C. The number of rotatable bonds is 2. The Morgan fingerprint density at radius 3 is 1.37 bits per heavy atom. The van der Waals surface area contributed by atoms with Crippen LogP contribution in [0.15, 0.2) is 24.3 Å². The molecule has 2 aromatic rings. The minimum absolute atomic E-state index is 0.990. The van der Waals surface area contributed by atoms with Gasteiger partial charge < -0.3 is 4.74 Å². The highest BCUT2D eigenvalue weighted by molar-refractivity contribution is 5.69. The molecule has 0 unspecified atom stereocenters. The van der Waals surface area contributed by atoms with Crippen molar-refractivity contribution in [3.05, 3.63) is 52.1 Å². The number of benzene rings is 2. The number of hydrogen-bond acceptors (Lipinski definition) is 1. The molecular weight excluding hydrogens is 232 g/mol. The van der Waals surface area contributed by atoms with E-state index >= 15 is 0 Å². The Labute approximate surface area is 116 Å². The van der Waals surface area contributed by atoms with Crippen molar-refractivity contribution in [2.45, 2.75) is 34.6 Å². The van der Waals surface area contributed by atoms with Crippen LogP contribution in [0.25, 0.3) is 11.1 Å². The van der Waals surface area contributed by atoms with E-state index < -0.39 is 0 Å². The van der Waals surface area contributed by atoms with Crippen molar-refractivity contribution in [3.8, 4) is 16.9 Å². The van der Waals surface area contributed by atoms with E-state index in [1.54, 1.807) is 7.11 Å². The molecule has 100 valence electrons. The smallest absolute Gasteiger partial charge is 0.124 e. The Morgan fingerprint density at radius 1 is 0.632 bits per heavy atom. The first-order chi connectivity index (χ1) is 8.93. The van der Waals surface area contributed by atoms with Gasteiger partial charge in [-0.2, -0.15) is 0 Å². The third kappa shape index (κ3) is 2.51. The Kier molecular flexibility index (Phi) is 3.66. The lowest BCUT2D eigenvalue weighted by molar-refractivity contribution is 0.408. The molecule has 19 heavy (non-hydrogen) atoms. The molecule has 0 atom stereocenters.